The van der Waals surface area contributed by atoms with Gasteiger partial charge < -0.3 is 30.1 Å². The topological polar surface area (TPSA) is 160 Å². The van der Waals surface area contributed by atoms with Crippen molar-refractivity contribution in [2.45, 2.75) is 25.9 Å². The molecule has 0 amide bonds. The number of carboxylic acids is 2. The summed E-state index contributed by atoms with van der Waals surface area (Å²) < 4.78 is 5.34. The minimum absolute atomic E-state index is 0.00587. The maximum absolute atomic E-state index is 12.6. The molecule has 4 rings (SSSR count). The van der Waals surface area contributed by atoms with E-state index in [9.17, 15) is 34.8 Å². The number of aromatic carboxylic acids is 2. The van der Waals surface area contributed by atoms with Gasteiger partial charge in [-0.15, -0.1) is 0 Å². The fourth-order valence-electron chi connectivity index (χ4n) is 4.15. The van der Waals surface area contributed by atoms with E-state index >= 15 is 0 Å². The van der Waals surface area contributed by atoms with E-state index in [1.165, 1.54) is 24.3 Å². The molecule has 0 aliphatic rings. The molecule has 4 aromatic carbocycles. The van der Waals surface area contributed by atoms with Crippen LogP contribution in [0.3, 0.4) is 0 Å². The van der Waals surface area contributed by atoms with Gasteiger partial charge in [0.15, 0.2) is 5.75 Å². The van der Waals surface area contributed by atoms with Crippen molar-refractivity contribution in [2.75, 3.05) is 0 Å². The Morgan fingerprint density at radius 1 is 0.659 bits per heavy atom. The Balaban J connectivity index is 1.40. The number of hydrogen-bond acceptors (Lipinski definition) is 8. The molecule has 0 aromatic heterocycles. The van der Waals surface area contributed by atoms with Gasteiger partial charge in [-0.2, -0.15) is 4.89 Å². The van der Waals surface area contributed by atoms with E-state index in [1.54, 1.807) is 36.4 Å². The van der Waals surface area contributed by atoms with Crippen molar-refractivity contribution < 1.29 is 49.3 Å². The van der Waals surface area contributed by atoms with Gasteiger partial charge in [0, 0.05) is 11.0 Å². The molecule has 0 aliphatic heterocycles. The molecule has 4 aromatic rings. The zero-order valence-electron chi connectivity index (χ0n) is 22.0. The number of rotatable bonds is 10. The van der Waals surface area contributed by atoms with Crippen molar-refractivity contribution in [3.8, 4) is 23.0 Å². The molecular weight excluding hydrogens is 532 g/mol. The Hall–Kier alpha value is -5.35. The van der Waals surface area contributed by atoms with Crippen LogP contribution in [0.2, 0.25) is 0 Å². The lowest BCUT2D eigenvalue weighted by Crippen LogP contribution is -2.19. The van der Waals surface area contributed by atoms with Crippen LogP contribution >= 0.6 is 0 Å². The zero-order chi connectivity index (χ0) is 29.7. The van der Waals surface area contributed by atoms with Crippen LogP contribution in [0.5, 0.6) is 23.0 Å². The number of ether oxygens (including phenoxy) is 1. The minimum atomic E-state index is -1.32. The number of carbonyl (C=O) groups excluding carboxylic acids is 1. The van der Waals surface area contributed by atoms with Gasteiger partial charge in [-0.1, -0.05) is 38.1 Å². The first-order valence-corrected chi connectivity index (χ1v) is 12.3. The number of benzene rings is 4. The summed E-state index contributed by atoms with van der Waals surface area (Å²) >= 11 is 0. The van der Waals surface area contributed by atoms with E-state index in [0.29, 0.717) is 5.75 Å². The molecule has 0 atom stereocenters. The zero-order valence-corrected chi connectivity index (χ0v) is 22.0. The van der Waals surface area contributed by atoms with Crippen molar-refractivity contribution >= 4 is 17.9 Å². The van der Waals surface area contributed by atoms with E-state index in [1.807, 2.05) is 26.0 Å². The maximum Gasteiger partial charge on any atom is 0.344 e. The molecular formula is C31H26O10. The number of phenolic OH excluding ortho intramolecular Hbond substituents is 2. The number of phenols is 2. The van der Waals surface area contributed by atoms with Crippen LogP contribution in [0.25, 0.3) is 0 Å². The van der Waals surface area contributed by atoms with Gasteiger partial charge >= 0.3 is 17.9 Å². The fraction of sp³-hybridized carbons (Fsp3) is 0.129. The summed E-state index contributed by atoms with van der Waals surface area (Å²) in [5.41, 5.74) is 1.06. The lowest BCUT2D eigenvalue weighted by molar-refractivity contribution is -0.217. The molecule has 0 unspecified atom stereocenters. The summed E-state index contributed by atoms with van der Waals surface area (Å²) in [5, 5.41) is 37.9. The number of carbonyl (C=O) groups is 3. The second-order valence-corrected chi connectivity index (χ2v) is 9.59. The van der Waals surface area contributed by atoms with Crippen LogP contribution in [-0.4, -0.2) is 38.3 Å². The standard InChI is InChI=1S/C31H26O10/c1-31(2,19-3-9-23(10-4-19)40-30(38)27-16-22(33)8-14-26(27)29(36)37)20-5-11-24(12-6-20)41-39-17-18-15-21(32)7-13-25(18)28(34)35/h3-16,32-33H,17H2,1-2H3,(H,34,35)(H,36,37). The van der Waals surface area contributed by atoms with Crippen molar-refractivity contribution in [1.82, 2.24) is 0 Å². The van der Waals surface area contributed by atoms with E-state index in [-0.39, 0.29) is 46.1 Å². The third kappa shape index (κ3) is 6.63. The monoisotopic (exact) mass is 558 g/mol. The highest BCUT2D eigenvalue weighted by Crippen LogP contribution is 2.33. The summed E-state index contributed by atoms with van der Waals surface area (Å²) in [6.07, 6.45) is 0. The second kappa shape index (κ2) is 11.8. The third-order valence-corrected chi connectivity index (χ3v) is 6.50. The fourth-order valence-corrected chi connectivity index (χ4v) is 4.15. The minimum Gasteiger partial charge on any atom is -0.508 e. The highest BCUT2D eigenvalue weighted by Gasteiger charge is 2.24. The van der Waals surface area contributed by atoms with Gasteiger partial charge in [0.1, 0.15) is 23.9 Å². The molecule has 41 heavy (non-hydrogen) atoms. The number of carboxylic acid groups (broad SMARTS) is 2. The van der Waals surface area contributed by atoms with Crippen molar-refractivity contribution in [3.05, 3.63) is 118 Å². The Labute approximate surface area is 234 Å². The molecule has 0 spiro atoms. The predicted octanol–water partition coefficient (Wildman–Crippen LogP) is 5.55. The SMILES string of the molecule is CC(C)(c1ccc(OOCc2cc(O)ccc2C(=O)O)cc1)c1ccc(OC(=O)c2cc(O)ccc2C(=O)O)cc1. The van der Waals surface area contributed by atoms with E-state index in [2.05, 4.69) is 0 Å². The maximum atomic E-state index is 12.6. The van der Waals surface area contributed by atoms with Crippen LogP contribution in [0.15, 0.2) is 84.9 Å². The van der Waals surface area contributed by atoms with Crippen molar-refractivity contribution in [3.63, 3.8) is 0 Å². The van der Waals surface area contributed by atoms with Gasteiger partial charge in [-0.25, -0.2) is 14.4 Å². The summed E-state index contributed by atoms with van der Waals surface area (Å²) in [5.74, 6) is -3.14. The predicted molar refractivity (Wildman–Crippen MR) is 146 cm³/mol. The molecule has 10 heteroatoms. The molecule has 0 radical (unpaired) electrons. The van der Waals surface area contributed by atoms with Gasteiger partial charge in [0.25, 0.3) is 0 Å². The second-order valence-electron chi connectivity index (χ2n) is 9.59. The summed E-state index contributed by atoms with van der Waals surface area (Å²) in [7, 11) is 0. The molecule has 4 N–H and O–H groups in total. The van der Waals surface area contributed by atoms with Crippen LogP contribution in [0.4, 0.5) is 0 Å². The molecule has 0 bridgehead atoms. The lowest BCUT2D eigenvalue weighted by atomic mass is 9.78. The van der Waals surface area contributed by atoms with Gasteiger partial charge in [-0.3, -0.25) is 0 Å². The number of aromatic hydroxyl groups is 2. The normalized spacial score (nSPS) is 11.1. The van der Waals surface area contributed by atoms with E-state index in [4.69, 9.17) is 14.5 Å². The summed E-state index contributed by atoms with van der Waals surface area (Å²) in [6.45, 7) is 3.81. The molecule has 0 aliphatic carbocycles. The number of esters is 1. The van der Waals surface area contributed by atoms with Crippen LogP contribution in [0, 0.1) is 0 Å². The molecule has 0 saturated carbocycles. The lowest BCUT2D eigenvalue weighted by Gasteiger charge is -2.26. The molecule has 0 saturated heterocycles. The highest BCUT2D eigenvalue weighted by molar-refractivity contribution is 6.03. The summed E-state index contributed by atoms with van der Waals surface area (Å²) in [4.78, 5) is 45.9. The van der Waals surface area contributed by atoms with Crippen molar-refractivity contribution in [1.29, 1.82) is 0 Å². The number of hydrogen-bond donors (Lipinski definition) is 4. The molecule has 0 heterocycles. The smallest absolute Gasteiger partial charge is 0.344 e. The van der Waals surface area contributed by atoms with Gasteiger partial charge in [0.2, 0.25) is 0 Å². The van der Waals surface area contributed by atoms with Gasteiger partial charge in [-0.05, 0) is 71.8 Å². The summed E-state index contributed by atoms with van der Waals surface area (Å²) in [6, 6.07) is 21.1. The van der Waals surface area contributed by atoms with E-state index in [0.717, 1.165) is 23.3 Å². The third-order valence-electron chi connectivity index (χ3n) is 6.50. The average molecular weight is 559 g/mol. The Morgan fingerprint density at radius 2 is 1.17 bits per heavy atom. The van der Waals surface area contributed by atoms with Crippen molar-refractivity contribution in [2.24, 2.45) is 0 Å². The first-order valence-electron chi connectivity index (χ1n) is 12.3. The highest BCUT2D eigenvalue weighted by atomic mass is 17.2. The quantitative estimate of drug-likeness (QED) is 0.0841. The largest absolute Gasteiger partial charge is 0.508 e. The van der Waals surface area contributed by atoms with Crippen LogP contribution in [0.1, 0.15) is 61.6 Å². The first-order chi connectivity index (χ1) is 19.5. The molecule has 10 nitrogen and oxygen atoms in total. The average Bonchev–Trinajstić information content (AvgIpc) is 2.93. The first kappa shape index (κ1) is 28.7. The van der Waals surface area contributed by atoms with Crippen LogP contribution in [-0.2, 0) is 16.9 Å². The van der Waals surface area contributed by atoms with Crippen LogP contribution < -0.4 is 9.62 Å². The molecule has 0 fully saturated rings. The Morgan fingerprint density at radius 3 is 1.73 bits per heavy atom. The molecule has 210 valence electrons. The Kier molecular flexibility index (Phi) is 8.25. The Bertz CT molecular complexity index is 1590. The van der Waals surface area contributed by atoms with E-state index < -0.39 is 23.3 Å². The van der Waals surface area contributed by atoms with Gasteiger partial charge in [0.05, 0.1) is 16.7 Å².